The number of nitriles is 1. The van der Waals surface area contributed by atoms with Crippen LogP contribution in [0.4, 0.5) is 4.79 Å². The average Bonchev–Trinajstić information content (AvgIpc) is 2.82. The number of fused-ring (bicyclic) bond motifs is 1. The van der Waals surface area contributed by atoms with Crippen molar-refractivity contribution in [2.45, 2.75) is 52.6 Å². The molecule has 0 radical (unpaired) electrons. The van der Waals surface area contributed by atoms with Crippen molar-refractivity contribution in [1.82, 2.24) is 20.0 Å². The van der Waals surface area contributed by atoms with Crippen LogP contribution in [-0.2, 0) is 9.53 Å². The van der Waals surface area contributed by atoms with Crippen LogP contribution in [0.25, 0.3) is 0 Å². The molecule has 0 aromatic carbocycles. The van der Waals surface area contributed by atoms with E-state index in [-0.39, 0.29) is 18.4 Å². The van der Waals surface area contributed by atoms with E-state index < -0.39 is 17.0 Å². The lowest BCUT2D eigenvalue weighted by Gasteiger charge is -2.39. The monoisotopic (exact) mass is 367 g/mol. The number of nitrogens with zero attached hydrogens (tertiary/aromatic N) is 4. The van der Waals surface area contributed by atoms with E-state index in [1.54, 1.807) is 18.7 Å². The molecule has 2 fully saturated rings. The number of carbonyl (C=O) groups is 2. The van der Waals surface area contributed by atoms with Crippen LogP contribution in [0.5, 0.6) is 0 Å². The minimum absolute atomic E-state index is 0.0201. The number of nitrogens with one attached hydrogen (secondary N) is 1. The Hall–Kier alpha value is -2.05. The maximum atomic E-state index is 12.3. The average molecular weight is 367 g/mol. The number of carboxylic acid groups (broad SMARTS) is 1. The molecular weight excluding hydrogens is 338 g/mol. The zero-order valence-electron chi connectivity index (χ0n) is 16.2. The van der Waals surface area contributed by atoms with Gasteiger partial charge in [0.05, 0.1) is 5.41 Å². The summed E-state index contributed by atoms with van der Waals surface area (Å²) in [4.78, 5) is 29.6. The van der Waals surface area contributed by atoms with Crippen LogP contribution in [0.15, 0.2) is 0 Å². The van der Waals surface area contributed by atoms with Gasteiger partial charge in [0, 0.05) is 38.8 Å². The number of aliphatic carboxylic acids is 1. The molecule has 9 nitrogen and oxygen atoms in total. The minimum atomic E-state index is -0.936. The molecule has 2 rings (SSSR count). The van der Waals surface area contributed by atoms with Gasteiger partial charge in [0.25, 0.3) is 0 Å². The van der Waals surface area contributed by atoms with Crippen LogP contribution >= 0.6 is 0 Å². The Balaban J connectivity index is 2.08. The molecule has 1 amide bonds. The Morgan fingerprint density at radius 3 is 2.42 bits per heavy atom. The van der Waals surface area contributed by atoms with E-state index in [1.807, 2.05) is 31.9 Å². The van der Waals surface area contributed by atoms with Gasteiger partial charge in [-0.25, -0.2) is 4.79 Å². The second kappa shape index (κ2) is 7.29. The normalized spacial score (nSPS) is 24.7. The molecule has 9 heteroatoms. The van der Waals surface area contributed by atoms with Gasteiger partial charge in [-0.2, -0.15) is 5.26 Å². The molecule has 2 N–H and O–H groups in total. The SMILES string of the molecule is CC(C)(C)OC(=O)N1CCN2C(C1)CN(CC(C)(C)C(=O)O)C2NC#N. The number of rotatable bonds is 4. The van der Waals surface area contributed by atoms with Gasteiger partial charge in [-0.15, -0.1) is 0 Å². The van der Waals surface area contributed by atoms with Gasteiger partial charge in [-0.1, -0.05) is 0 Å². The molecule has 0 bridgehead atoms. The van der Waals surface area contributed by atoms with Crippen LogP contribution < -0.4 is 5.32 Å². The van der Waals surface area contributed by atoms with Gasteiger partial charge in [0.2, 0.25) is 0 Å². The van der Waals surface area contributed by atoms with Crippen LogP contribution in [0, 0.1) is 16.9 Å². The van der Waals surface area contributed by atoms with Gasteiger partial charge in [-0.05, 0) is 34.6 Å². The molecule has 2 aliphatic heterocycles. The lowest BCUT2D eigenvalue weighted by molar-refractivity contribution is -0.148. The summed E-state index contributed by atoms with van der Waals surface area (Å²) >= 11 is 0. The largest absolute Gasteiger partial charge is 0.481 e. The molecule has 2 heterocycles. The summed E-state index contributed by atoms with van der Waals surface area (Å²) in [7, 11) is 0. The first-order valence-corrected chi connectivity index (χ1v) is 8.80. The molecule has 2 atom stereocenters. The summed E-state index contributed by atoms with van der Waals surface area (Å²) in [5.74, 6) is -0.881. The summed E-state index contributed by atoms with van der Waals surface area (Å²) in [5.41, 5.74) is -1.48. The standard InChI is InChI=1S/C17H29N5O4/c1-16(2,3)26-15(25)20-6-7-22-12(8-20)9-21(14(22)19-11-18)10-17(4,5)13(23)24/h12,14,19H,6-10H2,1-5H3,(H,23,24). The molecule has 2 unspecified atom stereocenters. The van der Waals surface area contributed by atoms with Gasteiger partial charge >= 0.3 is 12.1 Å². The Kier molecular flexibility index (Phi) is 5.68. The predicted molar refractivity (Wildman–Crippen MR) is 93.8 cm³/mol. The topological polar surface area (TPSA) is 109 Å². The smallest absolute Gasteiger partial charge is 0.410 e. The number of piperazine rings is 1. The maximum absolute atomic E-state index is 12.3. The summed E-state index contributed by atoms with van der Waals surface area (Å²) in [5, 5.41) is 21.3. The zero-order chi connectivity index (χ0) is 19.7. The highest BCUT2D eigenvalue weighted by Crippen LogP contribution is 2.28. The predicted octanol–water partition coefficient (Wildman–Crippen LogP) is 0.688. The summed E-state index contributed by atoms with van der Waals surface area (Å²) in [6.07, 6.45) is 1.27. The van der Waals surface area contributed by atoms with Crippen molar-refractivity contribution in [3.8, 4) is 6.19 Å². The molecule has 26 heavy (non-hydrogen) atoms. The molecule has 0 aliphatic carbocycles. The first-order chi connectivity index (χ1) is 11.9. The maximum Gasteiger partial charge on any atom is 0.410 e. The second-order valence-corrected chi connectivity index (χ2v) is 8.57. The molecule has 0 spiro atoms. The third kappa shape index (κ3) is 4.56. The molecule has 2 aliphatic rings. The third-order valence-corrected chi connectivity index (χ3v) is 4.66. The van der Waals surface area contributed by atoms with Gasteiger partial charge in [0.15, 0.2) is 6.19 Å². The molecule has 2 saturated heterocycles. The van der Waals surface area contributed by atoms with E-state index in [0.29, 0.717) is 32.7 Å². The molecular formula is C17H29N5O4. The van der Waals surface area contributed by atoms with Gasteiger partial charge in [-0.3, -0.25) is 19.9 Å². The fourth-order valence-electron chi connectivity index (χ4n) is 3.38. The van der Waals surface area contributed by atoms with Crippen molar-refractivity contribution in [2.75, 3.05) is 32.7 Å². The summed E-state index contributed by atoms with van der Waals surface area (Å²) < 4.78 is 5.45. The van der Waals surface area contributed by atoms with Crippen molar-refractivity contribution in [2.24, 2.45) is 5.41 Å². The first-order valence-electron chi connectivity index (χ1n) is 8.80. The van der Waals surface area contributed by atoms with E-state index in [0.717, 1.165) is 0 Å². The Morgan fingerprint density at radius 1 is 1.23 bits per heavy atom. The van der Waals surface area contributed by atoms with Crippen LogP contribution in [0.1, 0.15) is 34.6 Å². The van der Waals surface area contributed by atoms with Crippen molar-refractivity contribution < 1.29 is 19.4 Å². The van der Waals surface area contributed by atoms with Crippen molar-refractivity contribution in [3.05, 3.63) is 0 Å². The summed E-state index contributed by atoms with van der Waals surface area (Å²) in [6, 6.07) is 0.0201. The fourth-order valence-corrected chi connectivity index (χ4v) is 3.38. The number of carbonyl (C=O) groups excluding carboxylic acids is 1. The second-order valence-electron chi connectivity index (χ2n) is 8.57. The Labute approximate surface area is 154 Å². The summed E-state index contributed by atoms with van der Waals surface area (Å²) in [6.45, 7) is 11.3. The van der Waals surface area contributed by atoms with Crippen molar-refractivity contribution in [1.29, 1.82) is 5.26 Å². The highest BCUT2D eigenvalue weighted by Gasteiger charge is 2.46. The Morgan fingerprint density at radius 2 is 1.88 bits per heavy atom. The van der Waals surface area contributed by atoms with E-state index in [2.05, 4.69) is 10.2 Å². The molecule has 0 saturated carbocycles. The number of ether oxygens (including phenoxy) is 1. The lowest BCUT2D eigenvalue weighted by Crippen LogP contribution is -2.58. The van der Waals surface area contributed by atoms with E-state index >= 15 is 0 Å². The van der Waals surface area contributed by atoms with Gasteiger partial charge in [0.1, 0.15) is 11.9 Å². The van der Waals surface area contributed by atoms with E-state index in [4.69, 9.17) is 10.00 Å². The number of hydrogen-bond acceptors (Lipinski definition) is 7. The minimum Gasteiger partial charge on any atom is -0.481 e. The molecule has 0 aromatic rings. The highest BCUT2D eigenvalue weighted by atomic mass is 16.6. The van der Waals surface area contributed by atoms with E-state index in [9.17, 15) is 14.7 Å². The Bertz CT molecular complexity index is 595. The lowest BCUT2D eigenvalue weighted by atomic mass is 9.93. The third-order valence-electron chi connectivity index (χ3n) is 4.66. The number of amides is 1. The molecule has 146 valence electrons. The van der Waals surface area contributed by atoms with Gasteiger partial charge < -0.3 is 14.7 Å². The number of carboxylic acids is 1. The highest BCUT2D eigenvalue weighted by molar-refractivity contribution is 5.73. The first kappa shape index (κ1) is 20.3. The van der Waals surface area contributed by atoms with Crippen LogP contribution in [0.2, 0.25) is 0 Å². The van der Waals surface area contributed by atoms with Crippen LogP contribution in [-0.4, -0.2) is 82.5 Å². The van der Waals surface area contributed by atoms with Crippen molar-refractivity contribution >= 4 is 12.1 Å². The number of hydrogen-bond donors (Lipinski definition) is 2. The van der Waals surface area contributed by atoms with Crippen molar-refractivity contribution in [3.63, 3.8) is 0 Å². The molecule has 0 aromatic heterocycles. The van der Waals surface area contributed by atoms with E-state index in [1.165, 1.54) is 0 Å². The fraction of sp³-hybridized carbons (Fsp3) is 0.824. The van der Waals surface area contributed by atoms with Crippen LogP contribution in [0.3, 0.4) is 0 Å². The zero-order valence-corrected chi connectivity index (χ0v) is 16.2. The quantitative estimate of drug-likeness (QED) is 0.552.